The number of methoxy groups -OCH3 is 2. The summed E-state index contributed by atoms with van der Waals surface area (Å²) in [5, 5.41) is 4.56. The second kappa shape index (κ2) is 15.2. The molecule has 6 nitrogen and oxygen atoms in total. The van der Waals surface area contributed by atoms with Gasteiger partial charge in [0.05, 0.1) is 25.3 Å². The van der Waals surface area contributed by atoms with Gasteiger partial charge in [-0.15, -0.1) is 0 Å². The van der Waals surface area contributed by atoms with Crippen molar-refractivity contribution in [1.29, 1.82) is 0 Å². The summed E-state index contributed by atoms with van der Waals surface area (Å²) in [5.41, 5.74) is 7.19. The van der Waals surface area contributed by atoms with Crippen LogP contribution < -0.4 is 0 Å². The van der Waals surface area contributed by atoms with Gasteiger partial charge >= 0.3 is 11.9 Å². The standard InChI is InChI=1S/C46H42O6/c1-5-7-9-35-27-41(31-15-19-33(20-16-31)45(47)49-3)51-43(35)37-23-13-29-11-12-30-14-24-38(26-40(30)39(29)25-37)44-36(10-8-6-2)28-42(52-44)32-17-21-34(22-18-32)46(48)50-4/h11-28H,5-10H2,1-4H3. The molecule has 0 unspecified atom stereocenters. The Balaban J connectivity index is 1.30. The number of furan rings is 2. The molecule has 0 amide bonds. The number of hydrogen-bond acceptors (Lipinski definition) is 6. The molecule has 0 spiro atoms. The fourth-order valence-electron chi connectivity index (χ4n) is 6.85. The number of carbonyl (C=O) groups excluding carboxylic acids is 2. The van der Waals surface area contributed by atoms with Gasteiger partial charge in [0, 0.05) is 22.3 Å². The average molecular weight is 691 g/mol. The van der Waals surface area contributed by atoms with Gasteiger partial charge in [-0.2, -0.15) is 0 Å². The second-order valence-electron chi connectivity index (χ2n) is 13.2. The van der Waals surface area contributed by atoms with Crippen molar-refractivity contribution in [1.82, 2.24) is 0 Å². The minimum Gasteiger partial charge on any atom is -0.465 e. The number of carbonyl (C=O) groups is 2. The third-order valence-corrected chi connectivity index (χ3v) is 9.76. The first-order valence-corrected chi connectivity index (χ1v) is 18.0. The number of rotatable bonds is 12. The Morgan fingerprint density at radius 3 is 1.23 bits per heavy atom. The minimum atomic E-state index is -0.363. The summed E-state index contributed by atoms with van der Waals surface area (Å²) in [6, 6.07) is 36.4. The molecule has 7 aromatic rings. The van der Waals surface area contributed by atoms with Crippen molar-refractivity contribution >= 4 is 33.5 Å². The van der Waals surface area contributed by atoms with Gasteiger partial charge in [0.25, 0.3) is 0 Å². The van der Waals surface area contributed by atoms with Gasteiger partial charge in [-0.3, -0.25) is 0 Å². The molecule has 0 radical (unpaired) electrons. The van der Waals surface area contributed by atoms with Gasteiger partial charge < -0.3 is 18.3 Å². The van der Waals surface area contributed by atoms with Crippen molar-refractivity contribution in [3.63, 3.8) is 0 Å². The van der Waals surface area contributed by atoms with Crippen LogP contribution in [0.1, 0.15) is 71.4 Å². The summed E-state index contributed by atoms with van der Waals surface area (Å²) in [6.45, 7) is 4.39. The minimum absolute atomic E-state index is 0.363. The Bertz CT molecular complexity index is 2210. The van der Waals surface area contributed by atoms with Crippen molar-refractivity contribution in [3.05, 3.63) is 131 Å². The van der Waals surface area contributed by atoms with Crippen LogP contribution in [0.15, 0.2) is 118 Å². The monoisotopic (exact) mass is 690 g/mol. The quantitative estimate of drug-likeness (QED) is 0.0938. The molecule has 0 aliphatic rings. The van der Waals surface area contributed by atoms with E-state index < -0.39 is 0 Å². The molecule has 262 valence electrons. The summed E-state index contributed by atoms with van der Waals surface area (Å²) < 4.78 is 23.0. The fraction of sp³-hybridized carbons (Fsp3) is 0.217. The summed E-state index contributed by atoms with van der Waals surface area (Å²) in [7, 11) is 2.77. The maximum Gasteiger partial charge on any atom is 0.337 e. The van der Waals surface area contributed by atoms with Crippen LogP contribution >= 0.6 is 0 Å². The molecule has 0 saturated carbocycles. The van der Waals surface area contributed by atoms with E-state index in [1.165, 1.54) is 14.2 Å². The summed E-state index contributed by atoms with van der Waals surface area (Å²) in [6.07, 6.45) is 6.06. The zero-order chi connectivity index (χ0) is 36.2. The van der Waals surface area contributed by atoms with Crippen LogP contribution in [0.5, 0.6) is 0 Å². The van der Waals surface area contributed by atoms with E-state index in [9.17, 15) is 9.59 Å². The molecule has 0 N–H and O–H groups in total. The number of benzene rings is 5. The van der Waals surface area contributed by atoms with Crippen LogP contribution in [0.4, 0.5) is 0 Å². The van der Waals surface area contributed by atoms with Crippen molar-refractivity contribution in [3.8, 4) is 45.3 Å². The highest BCUT2D eigenvalue weighted by molar-refractivity contribution is 6.10. The van der Waals surface area contributed by atoms with E-state index in [4.69, 9.17) is 18.3 Å². The summed E-state index contributed by atoms with van der Waals surface area (Å²) in [4.78, 5) is 24.0. The average Bonchev–Trinajstić information content (AvgIpc) is 3.83. The first-order chi connectivity index (χ1) is 25.4. The normalized spacial score (nSPS) is 11.3. The van der Waals surface area contributed by atoms with Gasteiger partial charge in [0.2, 0.25) is 0 Å². The smallest absolute Gasteiger partial charge is 0.337 e. The first kappa shape index (κ1) is 34.6. The molecule has 0 aliphatic heterocycles. The zero-order valence-corrected chi connectivity index (χ0v) is 30.1. The predicted molar refractivity (Wildman–Crippen MR) is 208 cm³/mol. The number of fused-ring (bicyclic) bond motifs is 3. The van der Waals surface area contributed by atoms with E-state index in [-0.39, 0.29) is 11.9 Å². The highest BCUT2D eigenvalue weighted by atomic mass is 16.5. The van der Waals surface area contributed by atoms with Gasteiger partial charge in [-0.1, -0.05) is 87.4 Å². The molecule has 2 heterocycles. The van der Waals surface area contributed by atoms with Gasteiger partial charge in [0.1, 0.15) is 23.0 Å². The third kappa shape index (κ3) is 6.89. The van der Waals surface area contributed by atoms with E-state index in [2.05, 4.69) is 74.5 Å². The molecule has 0 aliphatic carbocycles. The van der Waals surface area contributed by atoms with Crippen LogP contribution in [-0.2, 0) is 22.3 Å². The van der Waals surface area contributed by atoms with Crippen molar-refractivity contribution in [2.24, 2.45) is 0 Å². The largest absolute Gasteiger partial charge is 0.465 e. The molecule has 2 aromatic heterocycles. The SMILES string of the molecule is CCCCc1cc(-c2ccc(C(=O)OC)cc2)oc1-c1ccc2ccc3ccc(-c4oc(-c5ccc(C(=O)OC)cc5)cc4CCCC)cc3c2c1. The highest BCUT2D eigenvalue weighted by Crippen LogP contribution is 2.39. The Morgan fingerprint density at radius 1 is 0.500 bits per heavy atom. The Morgan fingerprint density at radius 2 is 0.865 bits per heavy atom. The fourth-order valence-corrected chi connectivity index (χ4v) is 6.85. The van der Waals surface area contributed by atoms with Crippen LogP contribution in [0, 0.1) is 0 Å². The molecule has 0 fully saturated rings. The molecule has 0 bridgehead atoms. The maximum absolute atomic E-state index is 12.0. The lowest BCUT2D eigenvalue weighted by Crippen LogP contribution is -2.00. The van der Waals surface area contributed by atoms with Crippen molar-refractivity contribution in [2.75, 3.05) is 14.2 Å². The molecule has 7 rings (SSSR count). The Labute approximate surface area is 304 Å². The van der Waals surface area contributed by atoms with E-state index in [1.54, 1.807) is 24.3 Å². The summed E-state index contributed by atoms with van der Waals surface area (Å²) in [5.74, 6) is 2.55. The molecule has 52 heavy (non-hydrogen) atoms. The lowest BCUT2D eigenvalue weighted by molar-refractivity contribution is 0.0592. The molecule has 0 saturated heterocycles. The van der Waals surface area contributed by atoms with E-state index >= 15 is 0 Å². The van der Waals surface area contributed by atoms with Crippen molar-refractivity contribution < 1.29 is 27.9 Å². The number of esters is 2. The first-order valence-electron chi connectivity index (χ1n) is 18.0. The zero-order valence-electron chi connectivity index (χ0n) is 30.1. The van der Waals surface area contributed by atoms with Crippen LogP contribution in [0.2, 0.25) is 0 Å². The molecular weight excluding hydrogens is 648 g/mol. The van der Waals surface area contributed by atoms with Gasteiger partial charge in [0.15, 0.2) is 0 Å². The van der Waals surface area contributed by atoms with Gasteiger partial charge in [-0.25, -0.2) is 9.59 Å². The molecule has 0 atom stereocenters. The lowest BCUT2D eigenvalue weighted by Gasteiger charge is -2.10. The van der Waals surface area contributed by atoms with E-state index in [0.717, 1.165) is 116 Å². The topological polar surface area (TPSA) is 78.9 Å². The number of unbranched alkanes of at least 4 members (excludes halogenated alkanes) is 2. The Kier molecular flexibility index (Phi) is 10.1. The van der Waals surface area contributed by atoms with Crippen LogP contribution in [-0.4, -0.2) is 26.2 Å². The maximum atomic E-state index is 12.0. The number of hydrogen-bond donors (Lipinski definition) is 0. The number of aryl methyl sites for hydroxylation is 2. The summed E-state index contributed by atoms with van der Waals surface area (Å²) >= 11 is 0. The molecular formula is C46H42O6. The van der Waals surface area contributed by atoms with Crippen LogP contribution in [0.3, 0.4) is 0 Å². The van der Waals surface area contributed by atoms with E-state index in [0.29, 0.717) is 11.1 Å². The molecule has 5 aromatic carbocycles. The van der Waals surface area contributed by atoms with E-state index in [1.807, 2.05) is 24.3 Å². The highest BCUT2D eigenvalue weighted by Gasteiger charge is 2.19. The van der Waals surface area contributed by atoms with Crippen LogP contribution in [0.25, 0.3) is 66.8 Å². The third-order valence-electron chi connectivity index (χ3n) is 9.76. The van der Waals surface area contributed by atoms with Crippen molar-refractivity contribution in [2.45, 2.75) is 52.4 Å². The predicted octanol–water partition coefficient (Wildman–Crippen LogP) is 12.1. The van der Waals surface area contributed by atoms with Gasteiger partial charge in [-0.05, 0) is 107 Å². The Hall–Kier alpha value is -5.88. The lowest BCUT2D eigenvalue weighted by atomic mass is 9.95. The molecule has 6 heteroatoms. The number of ether oxygens (including phenoxy) is 2. The second-order valence-corrected chi connectivity index (χ2v) is 13.2.